The smallest absolute Gasteiger partial charge is 0.263 e. The summed E-state index contributed by atoms with van der Waals surface area (Å²) in [5, 5.41) is 2.89. The van der Waals surface area contributed by atoms with E-state index < -0.39 is 34.8 Å². The molecule has 2 aliphatic heterocycles. The van der Waals surface area contributed by atoms with Crippen molar-refractivity contribution in [1.82, 2.24) is 15.1 Å². The van der Waals surface area contributed by atoms with Gasteiger partial charge in [-0.1, -0.05) is 92.7 Å². The molecular weight excluding hydrogens is 568 g/mol. The number of amides is 3. The van der Waals surface area contributed by atoms with Crippen LogP contribution in [0.1, 0.15) is 56.1 Å². The second-order valence-corrected chi connectivity index (χ2v) is 12.4. The first kappa shape index (κ1) is 31.4. The molecule has 3 aromatic rings. The minimum atomic E-state index is -1.99. The molecule has 1 unspecified atom stereocenters. The number of Topliss-reactive ketones (excluding diaryl/α,β-unsaturated/α-hetero) is 1. The van der Waals surface area contributed by atoms with Gasteiger partial charge in [0.1, 0.15) is 12.6 Å². The number of ether oxygens (including phenoxy) is 1. The minimum absolute atomic E-state index is 0.0809. The van der Waals surface area contributed by atoms with Gasteiger partial charge in [0.2, 0.25) is 5.91 Å². The molecule has 0 radical (unpaired) electrons. The highest BCUT2D eigenvalue weighted by Gasteiger charge is 2.56. The maximum absolute atomic E-state index is 15.1. The number of rotatable bonds is 9. The highest BCUT2D eigenvalue weighted by molar-refractivity contribution is 6.41. The van der Waals surface area contributed by atoms with Gasteiger partial charge in [0.05, 0.1) is 11.2 Å². The van der Waals surface area contributed by atoms with Gasteiger partial charge in [-0.3, -0.25) is 24.1 Å². The lowest BCUT2D eigenvalue weighted by atomic mass is 9.87. The first-order valence-corrected chi connectivity index (χ1v) is 15.0. The second-order valence-electron chi connectivity index (χ2n) is 12.4. The van der Waals surface area contributed by atoms with E-state index in [4.69, 9.17) is 4.74 Å². The Kier molecular flexibility index (Phi) is 8.73. The molecular formula is C36H38N4O5. The van der Waals surface area contributed by atoms with Crippen LogP contribution in [0.2, 0.25) is 0 Å². The summed E-state index contributed by atoms with van der Waals surface area (Å²) in [4.78, 5) is 64.4. The first-order chi connectivity index (χ1) is 21.4. The number of aliphatic imine (C=N–C) groups is 1. The zero-order valence-electron chi connectivity index (χ0n) is 26.2. The lowest BCUT2D eigenvalue weighted by molar-refractivity contribution is -0.149. The average Bonchev–Trinajstić information content (AvgIpc) is 3.39. The van der Waals surface area contributed by atoms with Crippen LogP contribution in [0.5, 0.6) is 0 Å². The van der Waals surface area contributed by atoms with E-state index in [0.29, 0.717) is 16.7 Å². The predicted octanol–water partition coefficient (Wildman–Crippen LogP) is 4.85. The Morgan fingerprint density at radius 3 is 2.07 bits per heavy atom. The summed E-state index contributed by atoms with van der Waals surface area (Å²) in [6, 6.07) is 26.0. The molecule has 1 N–H and O–H groups in total. The van der Waals surface area contributed by atoms with Gasteiger partial charge in [-0.2, -0.15) is 0 Å². The number of nitrogens with one attached hydrogen (secondary N) is 1. The summed E-state index contributed by atoms with van der Waals surface area (Å²) in [5.74, 6) is -2.60. The summed E-state index contributed by atoms with van der Waals surface area (Å²) >= 11 is 0. The van der Waals surface area contributed by atoms with Crippen molar-refractivity contribution >= 4 is 35.1 Å². The third kappa shape index (κ3) is 6.29. The van der Waals surface area contributed by atoms with Gasteiger partial charge < -0.3 is 15.0 Å². The molecule has 0 fully saturated rings. The molecule has 2 atom stereocenters. The molecule has 2 heterocycles. The minimum Gasteiger partial charge on any atom is -0.473 e. The van der Waals surface area contributed by atoms with Crippen molar-refractivity contribution in [1.29, 1.82) is 0 Å². The lowest BCUT2D eigenvalue weighted by Crippen LogP contribution is -2.72. The summed E-state index contributed by atoms with van der Waals surface area (Å²) < 4.78 is 5.84. The molecule has 9 heteroatoms. The predicted molar refractivity (Wildman–Crippen MR) is 172 cm³/mol. The van der Waals surface area contributed by atoms with Gasteiger partial charge >= 0.3 is 0 Å². The molecule has 0 aromatic heterocycles. The Balaban J connectivity index is 1.81. The van der Waals surface area contributed by atoms with Gasteiger partial charge in [0.15, 0.2) is 5.66 Å². The van der Waals surface area contributed by atoms with Gasteiger partial charge in [0.25, 0.3) is 23.5 Å². The molecule has 0 saturated carbocycles. The summed E-state index contributed by atoms with van der Waals surface area (Å²) in [6.07, 6.45) is 1.54. The topological polar surface area (TPSA) is 108 Å². The zero-order valence-corrected chi connectivity index (χ0v) is 26.2. The second kappa shape index (κ2) is 12.5. The van der Waals surface area contributed by atoms with Gasteiger partial charge in [-0.25, -0.2) is 4.99 Å². The van der Waals surface area contributed by atoms with Crippen molar-refractivity contribution in [2.75, 3.05) is 6.61 Å². The van der Waals surface area contributed by atoms with Crippen molar-refractivity contribution in [2.24, 2.45) is 10.9 Å². The maximum Gasteiger partial charge on any atom is 0.263 e. The van der Waals surface area contributed by atoms with E-state index in [9.17, 15) is 14.4 Å². The van der Waals surface area contributed by atoms with Gasteiger partial charge in [0, 0.05) is 25.1 Å². The van der Waals surface area contributed by atoms with Crippen molar-refractivity contribution in [3.8, 4) is 0 Å². The molecule has 0 spiro atoms. The Morgan fingerprint density at radius 2 is 1.53 bits per heavy atom. The number of hydrogen-bond acceptors (Lipinski definition) is 6. The first-order valence-electron chi connectivity index (χ1n) is 15.0. The molecule has 45 heavy (non-hydrogen) atoms. The summed E-state index contributed by atoms with van der Waals surface area (Å²) in [5.41, 5.74) is -0.704. The van der Waals surface area contributed by atoms with Crippen LogP contribution < -0.4 is 5.32 Å². The molecule has 3 aromatic carbocycles. The molecule has 9 nitrogen and oxygen atoms in total. The summed E-state index contributed by atoms with van der Waals surface area (Å²) in [6.45, 7) is 8.85. The van der Waals surface area contributed by atoms with Crippen LogP contribution in [-0.2, 0) is 25.5 Å². The monoisotopic (exact) mass is 606 g/mol. The third-order valence-electron chi connectivity index (χ3n) is 7.84. The molecule has 2 aliphatic rings. The quantitative estimate of drug-likeness (QED) is 0.375. The fraction of sp³-hybridized carbons (Fsp3) is 0.306. The van der Waals surface area contributed by atoms with Crippen LogP contribution in [0, 0.1) is 5.92 Å². The molecule has 0 aliphatic carbocycles. The van der Waals surface area contributed by atoms with Crippen molar-refractivity contribution in [2.45, 2.75) is 58.3 Å². The fourth-order valence-electron chi connectivity index (χ4n) is 5.85. The van der Waals surface area contributed by atoms with E-state index >= 15 is 4.79 Å². The highest BCUT2D eigenvalue weighted by Crippen LogP contribution is 2.38. The third-order valence-corrected chi connectivity index (χ3v) is 7.84. The van der Waals surface area contributed by atoms with E-state index in [2.05, 4.69) is 10.3 Å². The number of hydrogen-bond donors (Lipinski definition) is 1. The van der Waals surface area contributed by atoms with Crippen molar-refractivity contribution in [3.05, 3.63) is 114 Å². The number of ketones is 1. The zero-order chi connectivity index (χ0) is 32.4. The van der Waals surface area contributed by atoms with Crippen molar-refractivity contribution in [3.63, 3.8) is 0 Å². The Morgan fingerprint density at radius 1 is 0.956 bits per heavy atom. The van der Waals surface area contributed by atoms with E-state index in [-0.39, 0.29) is 36.4 Å². The SMILES string of the molecule is CC(=O)N[C@](Cc1ccccc1)(C(=O)C1=NC(C)(C)CO1)N1C(=O)C(C(C)C)N(C(=O)c2ccccc2)C=C1c1ccccc1. The molecule has 5 rings (SSSR count). The van der Waals surface area contributed by atoms with Gasteiger partial charge in [-0.15, -0.1) is 0 Å². The van der Waals surface area contributed by atoms with Crippen LogP contribution in [-0.4, -0.2) is 63.1 Å². The number of benzene rings is 3. The van der Waals surface area contributed by atoms with Crippen LogP contribution in [0.15, 0.2) is 102 Å². The standard InChI is InChI=1S/C36H38N4O5/c1-24(2)30-34(44)40(29(27-17-11-7-12-18-27)22-39(30)33(43)28-19-13-8-14-20-28)36(37-25(3)41,21-26-15-9-6-10-16-26)31(42)32-38-35(4,5)23-45-32/h6-20,22,24,30H,21,23H2,1-5H3,(H,37,41)/t30?,36-/m0/s1. The van der Waals surface area contributed by atoms with Crippen LogP contribution >= 0.6 is 0 Å². The lowest BCUT2D eigenvalue weighted by Gasteiger charge is -2.49. The summed E-state index contributed by atoms with van der Waals surface area (Å²) in [7, 11) is 0. The Bertz CT molecular complexity index is 1650. The maximum atomic E-state index is 15.1. The number of carbonyl (C=O) groups is 4. The van der Waals surface area contributed by atoms with E-state index in [1.165, 1.54) is 16.7 Å². The molecule has 0 bridgehead atoms. The van der Waals surface area contributed by atoms with Crippen LogP contribution in [0.3, 0.4) is 0 Å². The van der Waals surface area contributed by atoms with Crippen LogP contribution in [0.4, 0.5) is 0 Å². The average molecular weight is 607 g/mol. The molecule has 232 valence electrons. The van der Waals surface area contributed by atoms with E-state index in [1.54, 1.807) is 42.6 Å². The number of carbonyl (C=O) groups excluding carboxylic acids is 4. The fourth-order valence-corrected chi connectivity index (χ4v) is 5.85. The van der Waals surface area contributed by atoms with E-state index in [0.717, 1.165) is 0 Å². The van der Waals surface area contributed by atoms with Crippen LogP contribution in [0.25, 0.3) is 5.70 Å². The number of nitrogens with zero attached hydrogens (tertiary/aromatic N) is 3. The molecule has 0 saturated heterocycles. The van der Waals surface area contributed by atoms with Gasteiger partial charge in [-0.05, 0) is 43.0 Å². The normalized spacial score (nSPS) is 18.9. The highest BCUT2D eigenvalue weighted by atomic mass is 16.5. The molecule has 3 amide bonds. The van der Waals surface area contributed by atoms with E-state index in [1.807, 2.05) is 82.3 Å². The Hall–Kier alpha value is -5.05. The Labute approximate surface area is 263 Å². The van der Waals surface area contributed by atoms with Crippen molar-refractivity contribution < 1.29 is 23.9 Å². The largest absolute Gasteiger partial charge is 0.473 e.